The second-order valence-electron chi connectivity index (χ2n) is 6.08. The third-order valence-electron chi connectivity index (χ3n) is 4.44. The number of halogens is 1. The summed E-state index contributed by atoms with van der Waals surface area (Å²) in [7, 11) is 0. The Balaban J connectivity index is 1.61. The van der Waals surface area contributed by atoms with Gasteiger partial charge < -0.3 is 10.6 Å². The van der Waals surface area contributed by atoms with Gasteiger partial charge in [-0.25, -0.2) is 0 Å². The van der Waals surface area contributed by atoms with Crippen LogP contribution in [0.15, 0.2) is 24.3 Å². The third-order valence-corrected chi connectivity index (χ3v) is 4.68. The smallest absolute Gasteiger partial charge is 0.226 e. The zero-order valence-electron chi connectivity index (χ0n) is 11.6. The molecule has 1 aromatic carbocycles. The monoisotopic (exact) mass is 292 g/mol. The predicted octanol–water partition coefficient (Wildman–Crippen LogP) is 2.53. The van der Waals surface area contributed by atoms with Crippen LogP contribution in [-0.2, 0) is 11.2 Å². The minimum absolute atomic E-state index is 0.171. The number of benzene rings is 1. The van der Waals surface area contributed by atoms with Gasteiger partial charge in [0.25, 0.3) is 0 Å². The number of amides is 1. The topological polar surface area (TPSA) is 41.1 Å². The van der Waals surface area contributed by atoms with Gasteiger partial charge in [0, 0.05) is 11.1 Å². The van der Waals surface area contributed by atoms with Crippen molar-refractivity contribution >= 4 is 17.5 Å². The van der Waals surface area contributed by atoms with Crippen molar-refractivity contribution in [1.82, 2.24) is 10.6 Å². The number of hydrogen-bond acceptors (Lipinski definition) is 2. The summed E-state index contributed by atoms with van der Waals surface area (Å²) in [5.74, 6) is 0.240. The Morgan fingerprint density at radius 1 is 1.35 bits per heavy atom. The zero-order chi connectivity index (χ0) is 14.0. The Morgan fingerprint density at radius 3 is 2.75 bits per heavy atom. The summed E-state index contributed by atoms with van der Waals surface area (Å²) in [6, 6.07) is 8.21. The highest BCUT2D eigenvalue weighted by Gasteiger charge is 2.49. The normalized spacial score (nSPS) is 21.4. The molecule has 4 heteroatoms. The molecule has 1 amide bonds. The fourth-order valence-corrected chi connectivity index (χ4v) is 3.19. The Hall–Kier alpha value is -1.06. The minimum atomic E-state index is -0.171. The molecule has 20 heavy (non-hydrogen) atoms. The van der Waals surface area contributed by atoms with Crippen LogP contribution in [0.3, 0.4) is 0 Å². The lowest BCUT2D eigenvalue weighted by atomic mass is 9.94. The van der Waals surface area contributed by atoms with Gasteiger partial charge in [0.1, 0.15) is 0 Å². The van der Waals surface area contributed by atoms with Crippen molar-refractivity contribution in [2.45, 2.75) is 38.1 Å². The van der Waals surface area contributed by atoms with E-state index in [1.54, 1.807) is 0 Å². The van der Waals surface area contributed by atoms with Gasteiger partial charge in [-0.05, 0) is 62.9 Å². The van der Waals surface area contributed by atoms with Crippen LogP contribution in [0.25, 0.3) is 0 Å². The Kier molecular flexibility index (Phi) is 3.99. The summed E-state index contributed by atoms with van der Waals surface area (Å²) in [5.41, 5.74) is 0.991. The van der Waals surface area contributed by atoms with Crippen LogP contribution < -0.4 is 10.6 Å². The van der Waals surface area contributed by atoms with E-state index in [0.717, 1.165) is 55.8 Å². The van der Waals surface area contributed by atoms with Gasteiger partial charge in [0.2, 0.25) is 5.91 Å². The van der Waals surface area contributed by atoms with Gasteiger partial charge in [-0.3, -0.25) is 4.79 Å². The molecule has 0 spiro atoms. The van der Waals surface area contributed by atoms with E-state index in [9.17, 15) is 4.79 Å². The molecule has 1 aromatic rings. The Morgan fingerprint density at radius 2 is 2.10 bits per heavy atom. The molecular weight excluding hydrogens is 272 g/mol. The van der Waals surface area contributed by atoms with Crippen LogP contribution in [0.4, 0.5) is 0 Å². The van der Waals surface area contributed by atoms with E-state index >= 15 is 0 Å². The number of carbonyl (C=O) groups excluding carboxylic acids is 1. The van der Waals surface area contributed by atoms with E-state index in [-0.39, 0.29) is 11.3 Å². The predicted molar refractivity (Wildman–Crippen MR) is 80.9 cm³/mol. The van der Waals surface area contributed by atoms with Crippen molar-refractivity contribution < 1.29 is 4.79 Å². The molecule has 1 saturated carbocycles. The van der Waals surface area contributed by atoms with Gasteiger partial charge in [-0.2, -0.15) is 0 Å². The lowest BCUT2D eigenvalue weighted by Crippen LogP contribution is -2.45. The molecule has 1 heterocycles. The van der Waals surface area contributed by atoms with Crippen LogP contribution >= 0.6 is 11.6 Å². The van der Waals surface area contributed by atoms with E-state index in [1.165, 1.54) is 0 Å². The second-order valence-corrected chi connectivity index (χ2v) is 6.52. The molecule has 0 radical (unpaired) electrons. The van der Waals surface area contributed by atoms with E-state index in [4.69, 9.17) is 11.6 Å². The lowest BCUT2D eigenvalue weighted by molar-refractivity contribution is -0.127. The average molecular weight is 293 g/mol. The average Bonchev–Trinajstić information content (AvgIpc) is 3.21. The van der Waals surface area contributed by atoms with Crippen molar-refractivity contribution in [3.8, 4) is 0 Å². The fourth-order valence-electron chi connectivity index (χ4n) is 2.98. The van der Waals surface area contributed by atoms with Crippen molar-refractivity contribution in [2.75, 3.05) is 13.1 Å². The molecule has 1 aliphatic heterocycles. The first kappa shape index (κ1) is 13.9. The first-order valence-electron chi connectivity index (χ1n) is 7.44. The Labute approximate surface area is 125 Å². The van der Waals surface area contributed by atoms with Crippen molar-refractivity contribution in [3.05, 3.63) is 34.9 Å². The van der Waals surface area contributed by atoms with E-state index in [0.29, 0.717) is 6.04 Å². The standard InChI is InChI=1S/C16H21ClN2O/c17-13-3-1-2-12(10-13)11-16(6-7-16)15(20)19-14-4-8-18-9-5-14/h1-3,10,14,18H,4-9,11H2,(H,19,20). The van der Waals surface area contributed by atoms with Crippen LogP contribution in [0.5, 0.6) is 0 Å². The molecule has 0 aromatic heterocycles. The number of piperidine rings is 1. The summed E-state index contributed by atoms with van der Waals surface area (Å²) in [6.45, 7) is 2.01. The highest BCUT2D eigenvalue weighted by molar-refractivity contribution is 6.30. The molecule has 0 bridgehead atoms. The molecular formula is C16H21ClN2O. The largest absolute Gasteiger partial charge is 0.353 e. The number of carbonyl (C=O) groups is 1. The van der Waals surface area contributed by atoms with Gasteiger partial charge in [-0.15, -0.1) is 0 Å². The van der Waals surface area contributed by atoms with Crippen molar-refractivity contribution in [2.24, 2.45) is 5.41 Å². The highest BCUT2D eigenvalue weighted by atomic mass is 35.5. The summed E-state index contributed by atoms with van der Waals surface area (Å²) in [6.07, 6.45) is 4.88. The second kappa shape index (κ2) is 5.74. The van der Waals surface area contributed by atoms with Crippen LogP contribution in [-0.4, -0.2) is 25.0 Å². The van der Waals surface area contributed by atoms with E-state index < -0.39 is 0 Å². The molecule has 1 saturated heterocycles. The number of rotatable bonds is 4. The highest BCUT2D eigenvalue weighted by Crippen LogP contribution is 2.49. The maximum absolute atomic E-state index is 12.5. The van der Waals surface area contributed by atoms with Crippen LogP contribution in [0.2, 0.25) is 5.02 Å². The molecule has 3 rings (SSSR count). The van der Waals surface area contributed by atoms with Crippen LogP contribution in [0.1, 0.15) is 31.2 Å². The summed E-state index contributed by atoms with van der Waals surface area (Å²) in [4.78, 5) is 12.5. The maximum Gasteiger partial charge on any atom is 0.226 e. The summed E-state index contributed by atoms with van der Waals surface area (Å²) < 4.78 is 0. The molecule has 2 fully saturated rings. The number of nitrogens with one attached hydrogen (secondary N) is 2. The van der Waals surface area contributed by atoms with Gasteiger partial charge in [0.15, 0.2) is 0 Å². The fraction of sp³-hybridized carbons (Fsp3) is 0.562. The first-order chi connectivity index (χ1) is 9.68. The van der Waals surface area contributed by atoms with Crippen LogP contribution in [0, 0.1) is 5.41 Å². The Bertz CT molecular complexity index is 493. The van der Waals surface area contributed by atoms with Gasteiger partial charge in [-0.1, -0.05) is 23.7 Å². The molecule has 0 unspecified atom stereocenters. The maximum atomic E-state index is 12.5. The molecule has 2 N–H and O–H groups in total. The molecule has 2 aliphatic rings. The lowest BCUT2D eigenvalue weighted by Gasteiger charge is -2.26. The van der Waals surface area contributed by atoms with E-state index in [1.807, 2.05) is 18.2 Å². The quantitative estimate of drug-likeness (QED) is 0.895. The molecule has 0 atom stereocenters. The summed E-state index contributed by atoms with van der Waals surface area (Å²) in [5, 5.41) is 7.31. The van der Waals surface area contributed by atoms with Crippen molar-refractivity contribution in [1.29, 1.82) is 0 Å². The van der Waals surface area contributed by atoms with Gasteiger partial charge in [0.05, 0.1) is 5.41 Å². The first-order valence-corrected chi connectivity index (χ1v) is 7.82. The molecule has 108 valence electrons. The SMILES string of the molecule is O=C(NC1CCNCC1)C1(Cc2cccc(Cl)c2)CC1. The number of hydrogen-bond donors (Lipinski definition) is 2. The third kappa shape index (κ3) is 3.15. The zero-order valence-corrected chi connectivity index (χ0v) is 12.4. The molecule has 3 nitrogen and oxygen atoms in total. The minimum Gasteiger partial charge on any atom is -0.353 e. The molecule has 1 aliphatic carbocycles. The van der Waals surface area contributed by atoms with Gasteiger partial charge >= 0.3 is 0 Å². The van der Waals surface area contributed by atoms with Crippen molar-refractivity contribution in [3.63, 3.8) is 0 Å². The van der Waals surface area contributed by atoms with E-state index in [2.05, 4.69) is 16.7 Å². The summed E-state index contributed by atoms with van der Waals surface area (Å²) >= 11 is 6.02.